The highest BCUT2D eigenvalue weighted by Gasteiger charge is 2.11. The molecule has 0 aliphatic heterocycles. The Hall–Kier alpha value is -3.46. The van der Waals surface area contributed by atoms with Crippen LogP contribution in [-0.4, -0.2) is 53.1 Å². The number of ether oxygens (including phenoxy) is 4. The second kappa shape index (κ2) is 12.2. The Balaban J connectivity index is 1.90. The van der Waals surface area contributed by atoms with Gasteiger partial charge in [0.1, 0.15) is 18.1 Å². The fourth-order valence-electron chi connectivity index (χ4n) is 2.59. The molecule has 0 bridgehead atoms. The molecule has 0 aliphatic rings. The van der Waals surface area contributed by atoms with Crippen LogP contribution in [0.15, 0.2) is 41.5 Å². The van der Waals surface area contributed by atoms with Gasteiger partial charge in [0.25, 0.3) is 0 Å². The third-order valence-corrected chi connectivity index (χ3v) is 4.05. The van der Waals surface area contributed by atoms with Crippen molar-refractivity contribution in [2.45, 2.75) is 0 Å². The first-order valence-electron chi connectivity index (χ1n) is 9.17. The normalized spacial score (nSPS) is 10.2. The minimum Gasteiger partial charge on any atom is -0.495 e. The Kier molecular flexibility index (Phi) is 9.26. The molecule has 10 heteroatoms. The summed E-state index contributed by atoms with van der Waals surface area (Å²) in [5.41, 5.74) is 16.9. The van der Waals surface area contributed by atoms with Gasteiger partial charge in [-0.15, -0.1) is 0 Å². The van der Waals surface area contributed by atoms with Gasteiger partial charge in [0.05, 0.1) is 45.4 Å². The van der Waals surface area contributed by atoms with Crippen molar-refractivity contribution in [1.29, 1.82) is 0 Å². The van der Waals surface area contributed by atoms with Crippen LogP contribution in [0.1, 0.15) is 0 Å². The summed E-state index contributed by atoms with van der Waals surface area (Å²) < 4.78 is 21.1. The monoisotopic (exact) mass is 415 g/mol. The van der Waals surface area contributed by atoms with E-state index in [0.717, 1.165) is 11.1 Å². The van der Waals surface area contributed by atoms with Crippen molar-refractivity contribution in [2.75, 3.05) is 58.2 Å². The highest BCUT2D eigenvalue weighted by molar-refractivity contribution is 5.93. The molecular formula is C20H25N5O5. The van der Waals surface area contributed by atoms with E-state index < -0.39 is 0 Å². The molecule has 2 rings (SSSR count). The molecule has 2 aromatic carbocycles. The lowest BCUT2D eigenvalue weighted by Gasteiger charge is -2.13. The van der Waals surface area contributed by atoms with Crippen molar-refractivity contribution in [2.24, 2.45) is 5.11 Å². The number of azide groups is 1. The van der Waals surface area contributed by atoms with Crippen LogP contribution < -0.4 is 20.5 Å². The first-order valence-corrected chi connectivity index (χ1v) is 9.17. The zero-order chi connectivity index (χ0) is 21.8. The number of carbonyl (C=O) groups is 1. The standard InChI is InChI=1S/C20H25N5O5/c1-27-18-11-14(3-5-16(18)21)15-4-6-17(19(12-15)28-2)24-20(26)13-30-10-9-29-8-7-23-25-22/h3-6,11-12H,7-10,13,21H2,1-2H3,(H,24,26). The third kappa shape index (κ3) is 6.85. The molecule has 0 saturated heterocycles. The van der Waals surface area contributed by atoms with Gasteiger partial charge in [0.2, 0.25) is 5.91 Å². The van der Waals surface area contributed by atoms with Gasteiger partial charge < -0.3 is 30.0 Å². The molecule has 0 spiro atoms. The van der Waals surface area contributed by atoms with Crippen LogP contribution in [0.5, 0.6) is 11.5 Å². The van der Waals surface area contributed by atoms with Crippen molar-refractivity contribution < 1.29 is 23.7 Å². The molecule has 0 unspecified atom stereocenters. The maximum Gasteiger partial charge on any atom is 0.250 e. The predicted octanol–water partition coefficient (Wildman–Crippen LogP) is 3.24. The van der Waals surface area contributed by atoms with Crippen LogP contribution in [-0.2, 0) is 14.3 Å². The topological polar surface area (TPSA) is 141 Å². The number of nitrogens with one attached hydrogen (secondary N) is 1. The van der Waals surface area contributed by atoms with E-state index in [9.17, 15) is 4.79 Å². The van der Waals surface area contributed by atoms with E-state index >= 15 is 0 Å². The van der Waals surface area contributed by atoms with Crippen LogP contribution in [0.25, 0.3) is 21.6 Å². The summed E-state index contributed by atoms with van der Waals surface area (Å²) in [6.45, 7) is 0.995. The highest BCUT2D eigenvalue weighted by atomic mass is 16.5. The van der Waals surface area contributed by atoms with E-state index in [-0.39, 0.29) is 25.7 Å². The molecule has 1 amide bonds. The van der Waals surface area contributed by atoms with Crippen LogP contribution in [0, 0.1) is 0 Å². The van der Waals surface area contributed by atoms with Crippen molar-refractivity contribution in [3.05, 3.63) is 46.8 Å². The summed E-state index contributed by atoms with van der Waals surface area (Å²) in [7, 11) is 3.09. The number of nitrogens with two attached hydrogens (primary N) is 1. The summed E-state index contributed by atoms with van der Waals surface area (Å²) in [6.07, 6.45) is 0. The number of anilines is 2. The van der Waals surface area contributed by atoms with Crippen LogP contribution in [0.2, 0.25) is 0 Å². The van der Waals surface area contributed by atoms with E-state index in [0.29, 0.717) is 36.1 Å². The minimum absolute atomic E-state index is 0.125. The Bertz CT molecular complexity index is 899. The SMILES string of the molecule is COc1cc(-c2ccc(NC(=O)COCCOCCN=[N+]=[N-])c(OC)c2)ccc1N. The molecule has 0 saturated carbocycles. The first-order chi connectivity index (χ1) is 14.6. The van der Waals surface area contributed by atoms with Gasteiger partial charge in [0, 0.05) is 11.5 Å². The van der Waals surface area contributed by atoms with Gasteiger partial charge in [0.15, 0.2) is 0 Å². The molecule has 30 heavy (non-hydrogen) atoms. The number of nitrogen functional groups attached to an aromatic ring is 1. The molecule has 0 aliphatic carbocycles. The number of hydrogen-bond acceptors (Lipinski definition) is 7. The number of methoxy groups -OCH3 is 2. The third-order valence-electron chi connectivity index (χ3n) is 4.05. The summed E-state index contributed by atoms with van der Waals surface area (Å²) in [4.78, 5) is 14.7. The van der Waals surface area contributed by atoms with E-state index in [2.05, 4.69) is 15.3 Å². The van der Waals surface area contributed by atoms with E-state index in [4.69, 9.17) is 30.2 Å². The first kappa shape index (κ1) is 22.8. The fraction of sp³-hybridized carbons (Fsp3) is 0.350. The minimum atomic E-state index is -0.315. The van der Waals surface area contributed by atoms with Crippen molar-refractivity contribution >= 4 is 17.3 Å². The molecule has 10 nitrogen and oxygen atoms in total. The van der Waals surface area contributed by atoms with E-state index in [1.54, 1.807) is 19.2 Å². The molecule has 0 heterocycles. The second-order valence-corrected chi connectivity index (χ2v) is 6.04. The molecule has 3 N–H and O–H groups in total. The summed E-state index contributed by atoms with van der Waals surface area (Å²) in [5, 5.41) is 6.11. The lowest BCUT2D eigenvalue weighted by Crippen LogP contribution is -2.20. The van der Waals surface area contributed by atoms with Crippen molar-refractivity contribution in [3.8, 4) is 22.6 Å². The molecule has 160 valence electrons. The molecule has 0 fully saturated rings. The number of hydrogen-bond donors (Lipinski definition) is 2. The largest absolute Gasteiger partial charge is 0.495 e. The number of nitrogens with zero attached hydrogens (tertiary/aromatic N) is 3. The number of carbonyl (C=O) groups excluding carboxylic acids is 1. The summed E-state index contributed by atoms with van der Waals surface area (Å²) in [6, 6.07) is 10.9. The smallest absolute Gasteiger partial charge is 0.250 e. The average molecular weight is 415 g/mol. The van der Waals surface area contributed by atoms with Gasteiger partial charge in [-0.1, -0.05) is 17.2 Å². The molecule has 2 aromatic rings. The lowest BCUT2D eigenvalue weighted by atomic mass is 10.0. The van der Waals surface area contributed by atoms with Crippen molar-refractivity contribution in [1.82, 2.24) is 0 Å². The number of benzene rings is 2. The summed E-state index contributed by atoms with van der Waals surface area (Å²) >= 11 is 0. The number of amides is 1. The van der Waals surface area contributed by atoms with Gasteiger partial charge >= 0.3 is 0 Å². The quantitative estimate of drug-likeness (QED) is 0.179. The lowest BCUT2D eigenvalue weighted by molar-refractivity contribution is -0.121. The Morgan fingerprint density at radius 2 is 1.70 bits per heavy atom. The predicted molar refractivity (Wildman–Crippen MR) is 114 cm³/mol. The number of rotatable bonds is 12. The Labute approximate surface area is 174 Å². The zero-order valence-electron chi connectivity index (χ0n) is 17.0. The maximum atomic E-state index is 12.1. The average Bonchev–Trinajstić information content (AvgIpc) is 2.76. The zero-order valence-corrected chi connectivity index (χ0v) is 17.0. The van der Waals surface area contributed by atoms with E-state index in [1.807, 2.05) is 24.3 Å². The maximum absolute atomic E-state index is 12.1. The molecule has 0 aromatic heterocycles. The Morgan fingerprint density at radius 3 is 2.40 bits per heavy atom. The molecule has 0 radical (unpaired) electrons. The van der Waals surface area contributed by atoms with Crippen LogP contribution >= 0.6 is 0 Å². The summed E-state index contributed by atoms with van der Waals surface area (Å²) in [5.74, 6) is 0.782. The van der Waals surface area contributed by atoms with Gasteiger partial charge in [-0.05, 0) is 40.9 Å². The van der Waals surface area contributed by atoms with Crippen molar-refractivity contribution in [3.63, 3.8) is 0 Å². The van der Waals surface area contributed by atoms with Crippen LogP contribution in [0.3, 0.4) is 0 Å². The van der Waals surface area contributed by atoms with Gasteiger partial charge in [-0.25, -0.2) is 0 Å². The molecular weight excluding hydrogens is 390 g/mol. The van der Waals surface area contributed by atoms with Gasteiger partial charge in [-0.3, -0.25) is 4.79 Å². The Morgan fingerprint density at radius 1 is 1.03 bits per heavy atom. The molecule has 0 atom stereocenters. The van der Waals surface area contributed by atoms with Gasteiger partial charge in [-0.2, -0.15) is 0 Å². The van der Waals surface area contributed by atoms with E-state index in [1.165, 1.54) is 7.11 Å². The van der Waals surface area contributed by atoms with Crippen LogP contribution in [0.4, 0.5) is 11.4 Å². The fourth-order valence-corrected chi connectivity index (χ4v) is 2.59. The highest BCUT2D eigenvalue weighted by Crippen LogP contribution is 2.33. The second-order valence-electron chi connectivity index (χ2n) is 6.04.